The predicted molar refractivity (Wildman–Crippen MR) is 94.8 cm³/mol. The number of rotatable bonds is 7. The lowest BCUT2D eigenvalue weighted by atomic mass is 10.2. The molecule has 0 radical (unpaired) electrons. The summed E-state index contributed by atoms with van der Waals surface area (Å²) in [7, 11) is 2.07. The summed E-state index contributed by atoms with van der Waals surface area (Å²) in [5, 5.41) is 3.37. The molecule has 0 unspecified atom stereocenters. The van der Waals surface area contributed by atoms with Crippen molar-refractivity contribution in [2.24, 2.45) is 0 Å². The normalized spacial score (nSPS) is 12.3. The summed E-state index contributed by atoms with van der Waals surface area (Å²) in [6.45, 7) is 6.07. The van der Waals surface area contributed by atoms with E-state index in [2.05, 4.69) is 34.2 Å². The molecule has 0 saturated heterocycles. The number of unbranched alkanes of at least 4 members (excludes halogenated alkanes) is 1. The molecule has 0 fully saturated rings. The van der Waals surface area contributed by atoms with E-state index in [-0.39, 0.29) is 0 Å². The van der Waals surface area contributed by atoms with E-state index in [0.29, 0.717) is 13.3 Å². The lowest BCUT2D eigenvalue weighted by Crippen LogP contribution is -2.20. The van der Waals surface area contributed by atoms with Crippen LogP contribution in [-0.2, 0) is 6.54 Å². The number of ether oxygens (including phenoxy) is 2. The van der Waals surface area contributed by atoms with Gasteiger partial charge in [-0.15, -0.1) is 0 Å². The summed E-state index contributed by atoms with van der Waals surface area (Å²) >= 11 is 0. The second-order valence-electron chi connectivity index (χ2n) is 5.97. The van der Waals surface area contributed by atoms with Crippen LogP contribution in [0.15, 0.2) is 24.3 Å². The molecule has 1 aromatic heterocycles. The summed E-state index contributed by atoms with van der Waals surface area (Å²) in [6.07, 6.45) is 2.32. The third-order valence-corrected chi connectivity index (χ3v) is 3.97. The highest BCUT2D eigenvalue weighted by atomic mass is 16.7. The van der Waals surface area contributed by atoms with Gasteiger partial charge in [0.25, 0.3) is 0 Å². The van der Waals surface area contributed by atoms with Gasteiger partial charge in [0, 0.05) is 26.2 Å². The first-order chi connectivity index (χ1) is 11.7. The second kappa shape index (κ2) is 7.38. The molecule has 1 aliphatic heterocycles. The highest BCUT2D eigenvalue weighted by Crippen LogP contribution is 2.32. The molecule has 0 amide bonds. The van der Waals surface area contributed by atoms with Gasteiger partial charge in [0.2, 0.25) is 6.79 Å². The van der Waals surface area contributed by atoms with Crippen molar-refractivity contribution in [2.75, 3.05) is 30.6 Å². The highest BCUT2D eigenvalue weighted by Gasteiger charge is 2.13. The summed E-state index contributed by atoms with van der Waals surface area (Å²) in [5.74, 6) is 4.15. The van der Waals surface area contributed by atoms with Crippen LogP contribution in [-0.4, -0.2) is 30.4 Å². The zero-order chi connectivity index (χ0) is 16.9. The molecule has 2 heterocycles. The summed E-state index contributed by atoms with van der Waals surface area (Å²) < 4.78 is 10.8. The van der Waals surface area contributed by atoms with Gasteiger partial charge in [0.05, 0.1) is 0 Å². The van der Waals surface area contributed by atoms with Gasteiger partial charge in [-0.2, -0.15) is 0 Å². The highest BCUT2D eigenvalue weighted by molar-refractivity contribution is 5.50. The molecular weight excluding hydrogens is 304 g/mol. The molecule has 24 heavy (non-hydrogen) atoms. The lowest BCUT2D eigenvalue weighted by Gasteiger charge is -2.19. The van der Waals surface area contributed by atoms with E-state index in [1.165, 1.54) is 6.42 Å². The van der Waals surface area contributed by atoms with Crippen LogP contribution >= 0.6 is 0 Å². The Labute approximate surface area is 142 Å². The van der Waals surface area contributed by atoms with Gasteiger partial charge in [0.1, 0.15) is 17.5 Å². The van der Waals surface area contributed by atoms with Crippen LogP contribution in [0.4, 0.5) is 11.6 Å². The number of fused-ring (bicyclic) bond motifs is 1. The fraction of sp³-hybridized carbons (Fsp3) is 0.444. The number of nitrogens with zero attached hydrogens (tertiary/aromatic N) is 3. The quantitative estimate of drug-likeness (QED) is 0.841. The molecule has 1 N–H and O–H groups in total. The maximum absolute atomic E-state index is 5.42. The number of anilines is 2. The van der Waals surface area contributed by atoms with Crippen LogP contribution in [0, 0.1) is 6.92 Å². The second-order valence-corrected chi connectivity index (χ2v) is 5.97. The first-order valence-electron chi connectivity index (χ1n) is 8.35. The average Bonchev–Trinajstić information content (AvgIpc) is 3.05. The lowest BCUT2D eigenvalue weighted by molar-refractivity contribution is 0.174. The maximum Gasteiger partial charge on any atom is 0.231 e. The van der Waals surface area contributed by atoms with Gasteiger partial charge >= 0.3 is 0 Å². The van der Waals surface area contributed by atoms with Gasteiger partial charge in [-0.3, -0.25) is 0 Å². The van der Waals surface area contributed by atoms with Gasteiger partial charge < -0.3 is 19.7 Å². The number of aryl methyl sites for hydroxylation is 1. The minimum Gasteiger partial charge on any atom is -0.454 e. The van der Waals surface area contributed by atoms with Gasteiger partial charge in [0.15, 0.2) is 11.5 Å². The molecule has 2 aromatic rings. The van der Waals surface area contributed by atoms with E-state index in [0.717, 1.165) is 47.5 Å². The van der Waals surface area contributed by atoms with Gasteiger partial charge in [-0.05, 0) is 31.0 Å². The van der Waals surface area contributed by atoms with Crippen LogP contribution in [0.1, 0.15) is 31.2 Å². The summed E-state index contributed by atoms with van der Waals surface area (Å²) in [6, 6.07) is 7.96. The zero-order valence-corrected chi connectivity index (χ0v) is 14.5. The third kappa shape index (κ3) is 3.88. The summed E-state index contributed by atoms with van der Waals surface area (Å²) in [4.78, 5) is 11.2. The van der Waals surface area contributed by atoms with E-state index in [4.69, 9.17) is 9.47 Å². The van der Waals surface area contributed by atoms with Crippen molar-refractivity contribution in [1.29, 1.82) is 0 Å². The van der Waals surface area contributed by atoms with E-state index in [9.17, 15) is 0 Å². The molecule has 0 aliphatic carbocycles. The zero-order valence-electron chi connectivity index (χ0n) is 14.5. The minimum absolute atomic E-state index is 0.296. The summed E-state index contributed by atoms with van der Waals surface area (Å²) in [5.41, 5.74) is 1.12. The van der Waals surface area contributed by atoms with Crippen molar-refractivity contribution in [3.05, 3.63) is 35.7 Å². The monoisotopic (exact) mass is 328 g/mol. The Kier molecular flexibility index (Phi) is 5.03. The Morgan fingerprint density at radius 3 is 2.83 bits per heavy atom. The fourth-order valence-electron chi connectivity index (χ4n) is 2.59. The predicted octanol–water partition coefficient (Wildman–Crippen LogP) is 3.36. The van der Waals surface area contributed by atoms with E-state index in [1.807, 2.05) is 31.2 Å². The van der Waals surface area contributed by atoms with Crippen molar-refractivity contribution in [3.63, 3.8) is 0 Å². The molecule has 0 spiro atoms. The topological polar surface area (TPSA) is 59.5 Å². The SMILES string of the molecule is CCCCN(C)c1cc(NCc2ccc3c(c2)OCO3)nc(C)n1. The van der Waals surface area contributed by atoms with Crippen molar-refractivity contribution in [2.45, 2.75) is 33.2 Å². The number of aromatic nitrogens is 2. The first-order valence-corrected chi connectivity index (χ1v) is 8.35. The Hall–Kier alpha value is -2.50. The van der Waals surface area contributed by atoms with Crippen molar-refractivity contribution in [3.8, 4) is 11.5 Å². The maximum atomic E-state index is 5.42. The molecule has 6 nitrogen and oxygen atoms in total. The smallest absolute Gasteiger partial charge is 0.231 e. The Balaban J connectivity index is 1.67. The van der Waals surface area contributed by atoms with Crippen molar-refractivity contribution < 1.29 is 9.47 Å². The molecule has 0 saturated carbocycles. The first kappa shape index (κ1) is 16.4. The number of hydrogen-bond acceptors (Lipinski definition) is 6. The Morgan fingerprint density at radius 2 is 2.00 bits per heavy atom. The molecule has 1 aliphatic rings. The van der Waals surface area contributed by atoms with E-state index < -0.39 is 0 Å². The van der Waals surface area contributed by atoms with Crippen molar-refractivity contribution >= 4 is 11.6 Å². The van der Waals surface area contributed by atoms with Crippen LogP contribution in [0.3, 0.4) is 0 Å². The molecule has 1 aromatic carbocycles. The molecule has 0 bridgehead atoms. The van der Waals surface area contributed by atoms with Crippen LogP contribution < -0.4 is 19.7 Å². The number of nitrogens with one attached hydrogen (secondary N) is 1. The molecule has 3 rings (SSSR count). The fourth-order valence-corrected chi connectivity index (χ4v) is 2.59. The molecule has 6 heteroatoms. The molecule has 128 valence electrons. The molecular formula is C18H24N4O2. The van der Waals surface area contributed by atoms with Gasteiger partial charge in [-0.1, -0.05) is 19.4 Å². The average molecular weight is 328 g/mol. The van der Waals surface area contributed by atoms with E-state index in [1.54, 1.807) is 0 Å². The van der Waals surface area contributed by atoms with Crippen LogP contribution in [0.5, 0.6) is 11.5 Å². The number of hydrogen-bond donors (Lipinski definition) is 1. The minimum atomic E-state index is 0.296. The Morgan fingerprint density at radius 1 is 1.17 bits per heavy atom. The largest absolute Gasteiger partial charge is 0.454 e. The van der Waals surface area contributed by atoms with Crippen LogP contribution in [0.25, 0.3) is 0 Å². The Bertz CT molecular complexity index is 705. The number of benzene rings is 1. The van der Waals surface area contributed by atoms with E-state index >= 15 is 0 Å². The molecule has 0 atom stereocenters. The van der Waals surface area contributed by atoms with Gasteiger partial charge in [-0.25, -0.2) is 9.97 Å². The van der Waals surface area contributed by atoms with Crippen molar-refractivity contribution in [1.82, 2.24) is 9.97 Å². The third-order valence-electron chi connectivity index (χ3n) is 3.97. The van der Waals surface area contributed by atoms with Crippen LogP contribution in [0.2, 0.25) is 0 Å². The standard InChI is InChI=1S/C18H24N4O2/c1-4-5-8-22(3)18-10-17(20-13(2)21-18)19-11-14-6-7-15-16(9-14)24-12-23-15/h6-7,9-10H,4-5,8,11-12H2,1-3H3,(H,19,20,21).